The van der Waals surface area contributed by atoms with Gasteiger partial charge in [-0.3, -0.25) is 9.11 Å². The number of rotatable bonds is 0. The first-order valence-corrected chi connectivity index (χ1v) is 5.18. The highest BCUT2D eigenvalue weighted by molar-refractivity contribution is 8.24. The lowest BCUT2D eigenvalue weighted by atomic mass is 10.7. The first-order chi connectivity index (χ1) is 5.01. The smallest absolute Gasteiger partial charge is 0.0618 e. The fourth-order valence-electron chi connectivity index (χ4n) is 0.838. The summed E-state index contributed by atoms with van der Waals surface area (Å²) in [5.41, 5.74) is 0. The first-order valence-electron chi connectivity index (χ1n) is 3.29. The Morgan fingerprint density at radius 2 is 1.36 bits per heavy atom. The van der Waals surface area contributed by atoms with Crippen molar-refractivity contribution in [2.75, 3.05) is 24.6 Å². The third kappa shape index (κ3) is 2.61. The van der Waals surface area contributed by atoms with Gasteiger partial charge in [0.25, 0.3) is 0 Å². The highest BCUT2D eigenvalue weighted by atomic mass is 32.3. The lowest BCUT2D eigenvalue weighted by molar-refractivity contribution is 0.0870. The molecule has 0 amide bonds. The molecule has 0 aromatic rings. The van der Waals surface area contributed by atoms with Crippen molar-refractivity contribution in [2.24, 2.45) is 0 Å². The maximum absolute atomic E-state index is 9.26. The van der Waals surface area contributed by atoms with Crippen molar-refractivity contribution >= 4 is 10.6 Å². The van der Waals surface area contributed by atoms with Crippen LogP contribution in [0.1, 0.15) is 0 Å². The van der Waals surface area contributed by atoms with Crippen molar-refractivity contribution in [2.45, 2.75) is 0 Å². The molecule has 0 unspecified atom stereocenters. The standard InChI is InChI=1S/C6H12N2O2S/c1-7-3-5-11(9,10)6-4-8(7)2/h1-2,9-10H,3-6H2. The Morgan fingerprint density at radius 1 is 1.00 bits per heavy atom. The Balaban J connectivity index is 2.51. The lowest BCUT2D eigenvalue weighted by Crippen LogP contribution is -2.33. The van der Waals surface area contributed by atoms with E-state index in [1.165, 1.54) is 10.0 Å². The Kier molecular flexibility index (Phi) is 2.77. The Hall–Kier alpha value is 0.190. The molecular weight excluding hydrogens is 164 g/mol. The van der Waals surface area contributed by atoms with Crippen molar-refractivity contribution in [3.63, 3.8) is 0 Å². The maximum atomic E-state index is 9.26. The molecule has 1 aliphatic rings. The topological polar surface area (TPSA) is 46.9 Å². The number of hydrogen-bond acceptors (Lipinski definition) is 4. The molecule has 0 aromatic carbocycles. The third-order valence-corrected chi connectivity index (χ3v) is 3.30. The van der Waals surface area contributed by atoms with Gasteiger partial charge in [-0.1, -0.05) is 0 Å². The summed E-state index contributed by atoms with van der Waals surface area (Å²) in [5.74, 6) is 0.606. The fraction of sp³-hybridized carbons (Fsp3) is 0.667. The van der Waals surface area contributed by atoms with E-state index in [-0.39, 0.29) is 0 Å². The summed E-state index contributed by atoms with van der Waals surface area (Å²) in [6.45, 7) is 0.775. The molecule has 1 aliphatic heterocycles. The first kappa shape index (κ1) is 9.28. The molecular formula is C6H12N2O2S. The highest BCUT2D eigenvalue weighted by Gasteiger charge is 2.20. The van der Waals surface area contributed by atoms with Crippen LogP contribution >= 0.6 is 10.6 Å². The number of nitrogens with zero attached hydrogens (tertiary/aromatic N) is 2. The molecule has 1 heterocycles. The van der Waals surface area contributed by atoms with Crippen molar-refractivity contribution in [3.8, 4) is 0 Å². The molecule has 11 heavy (non-hydrogen) atoms. The van der Waals surface area contributed by atoms with E-state index in [0.29, 0.717) is 24.6 Å². The van der Waals surface area contributed by atoms with E-state index in [9.17, 15) is 9.11 Å². The molecule has 5 heteroatoms. The predicted molar refractivity (Wildman–Crippen MR) is 44.6 cm³/mol. The largest absolute Gasteiger partial charge is 0.299 e. The summed E-state index contributed by atoms with van der Waals surface area (Å²) in [5, 5.41) is 2.59. The zero-order valence-corrected chi connectivity index (χ0v) is 7.00. The van der Waals surface area contributed by atoms with E-state index in [1.54, 1.807) is 0 Å². The summed E-state index contributed by atoms with van der Waals surface area (Å²) in [4.78, 5) is 0. The molecule has 1 rings (SSSR count). The lowest BCUT2D eigenvalue weighted by Gasteiger charge is -2.29. The van der Waals surface area contributed by atoms with Gasteiger partial charge in [-0.15, -0.1) is 0 Å². The highest BCUT2D eigenvalue weighted by Crippen LogP contribution is 2.39. The van der Waals surface area contributed by atoms with Gasteiger partial charge >= 0.3 is 0 Å². The quantitative estimate of drug-likeness (QED) is 0.567. The van der Waals surface area contributed by atoms with Crippen LogP contribution in [0.3, 0.4) is 0 Å². The second kappa shape index (κ2) is 3.28. The molecule has 2 N–H and O–H groups in total. The molecule has 0 spiro atoms. The normalized spacial score (nSPS) is 31.3. The van der Waals surface area contributed by atoms with Gasteiger partial charge in [0, 0.05) is 13.1 Å². The van der Waals surface area contributed by atoms with Crippen LogP contribution in [0.15, 0.2) is 0 Å². The molecule has 4 nitrogen and oxygen atoms in total. The maximum Gasteiger partial charge on any atom is 0.0618 e. The van der Waals surface area contributed by atoms with Crippen molar-refractivity contribution in [1.29, 1.82) is 0 Å². The number of hydrogen-bond donors (Lipinski definition) is 2. The van der Waals surface area contributed by atoms with E-state index >= 15 is 0 Å². The van der Waals surface area contributed by atoms with E-state index in [0.717, 1.165) is 0 Å². The zero-order chi connectivity index (χ0) is 8.48. The van der Waals surface area contributed by atoms with Crippen LogP contribution < -0.4 is 0 Å². The molecule has 1 fully saturated rings. The second-order valence-electron chi connectivity index (χ2n) is 2.54. The van der Waals surface area contributed by atoms with Gasteiger partial charge in [-0.2, -0.15) is 10.6 Å². The second-order valence-corrected chi connectivity index (χ2v) is 4.96. The monoisotopic (exact) mass is 176 g/mol. The minimum atomic E-state index is -2.43. The van der Waals surface area contributed by atoms with Crippen molar-refractivity contribution < 1.29 is 9.11 Å². The summed E-state index contributed by atoms with van der Waals surface area (Å²) >= 11 is 0. The molecule has 0 saturated carbocycles. The van der Waals surface area contributed by atoms with Crippen LogP contribution in [0.2, 0.25) is 0 Å². The summed E-state index contributed by atoms with van der Waals surface area (Å²) in [6.07, 6.45) is 0. The average molecular weight is 176 g/mol. The third-order valence-electron chi connectivity index (χ3n) is 1.62. The molecule has 0 atom stereocenters. The minimum Gasteiger partial charge on any atom is -0.299 e. The SMILES string of the molecule is [CH]N1CCS(O)(O)CCN1[CH]. The van der Waals surface area contributed by atoms with Gasteiger partial charge in [0.05, 0.1) is 25.6 Å². The summed E-state index contributed by atoms with van der Waals surface area (Å²) < 4.78 is 18.5. The van der Waals surface area contributed by atoms with Crippen molar-refractivity contribution in [3.05, 3.63) is 14.1 Å². The van der Waals surface area contributed by atoms with Crippen LogP contribution in [0.5, 0.6) is 0 Å². The number of hydrazine groups is 1. The van der Waals surface area contributed by atoms with E-state index in [1.807, 2.05) is 0 Å². The van der Waals surface area contributed by atoms with E-state index < -0.39 is 10.6 Å². The van der Waals surface area contributed by atoms with Gasteiger partial charge in [0.15, 0.2) is 0 Å². The van der Waals surface area contributed by atoms with Crippen LogP contribution in [0, 0.1) is 14.1 Å². The fourth-order valence-corrected chi connectivity index (χ4v) is 2.00. The van der Waals surface area contributed by atoms with Gasteiger partial charge in [0.1, 0.15) is 0 Å². The summed E-state index contributed by atoms with van der Waals surface area (Å²) in [6, 6.07) is 0. The van der Waals surface area contributed by atoms with Gasteiger partial charge < -0.3 is 0 Å². The van der Waals surface area contributed by atoms with Crippen LogP contribution in [0.25, 0.3) is 0 Å². The minimum absolute atomic E-state index is 0.303. The molecule has 0 bridgehead atoms. The van der Waals surface area contributed by atoms with Crippen LogP contribution in [-0.2, 0) is 0 Å². The molecule has 0 aliphatic carbocycles. The molecule has 1 saturated heterocycles. The Labute approximate surface area is 69.1 Å². The van der Waals surface area contributed by atoms with Crippen LogP contribution in [-0.4, -0.2) is 43.7 Å². The van der Waals surface area contributed by atoms with Crippen molar-refractivity contribution in [1.82, 2.24) is 10.0 Å². The van der Waals surface area contributed by atoms with Crippen LogP contribution in [0.4, 0.5) is 0 Å². The average Bonchev–Trinajstić information content (AvgIpc) is 2.03. The van der Waals surface area contributed by atoms with Gasteiger partial charge in [-0.05, 0) is 0 Å². The van der Waals surface area contributed by atoms with E-state index in [2.05, 4.69) is 0 Å². The Bertz CT molecular complexity index is 129. The molecule has 0 aromatic heterocycles. The summed E-state index contributed by atoms with van der Waals surface area (Å²) in [7, 11) is 8.42. The Morgan fingerprint density at radius 3 is 1.73 bits per heavy atom. The molecule has 64 valence electrons. The molecule has 4 radical (unpaired) electrons. The predicted octanol–water partition coefficient (Wildman–Crippen LogP) is 0.607. The van der Waals surface area contributed by atoms with E-state index in [4.69, 9.17) is 14.1 Å². The van der Waals surface area contributed by atoms with Gasteiger partial charge in [0.2, 0.25) is 0 Å². The zero-order valence-electron chi connectivity index (χ0n) is 6.18. The van der Waals surface area contributed by atoms with Gasteiger partial charge in [-0.25, -0.2) is 10.0 Å².